The van der Waals surface area contributed by atoms with Gasteiger partial charge in [-0.2, -0.15) is 13.2 Å². The zero-order chi connectivity index (χ0) is 26.3. The summed E-state index contributed by atoms with van der Waals surface area (Å²) in [5.74, 6) is -0.258. The van der Waals surface area contributed by atoms with Crippen molar-refractivity contribution in [3.05, 3.63) is 54.0 Å². The number of alkyl halides is 3. The van der Waals surface area contributed by atoms with E-state index >= 15 is 0 Å². The van der Waals surface area contributed by atoms with Gasteiger partial charge >= 0.3 is 6.18 Å². The number of fused-ring (bicyclic) bond motifs is 2. The van der Waals surface area contributed by atoms with Gasteiger partial charge in [0.2, 0.25) is 0 Å². The summed E-state index contributed by atoms with van der Waals surface area (Å²) in [7, 11) is 1.53. The molecule has 1 aliphatic rings. The lowest BCUT2D eigenvalue weighted by Crippen LogP contribution is -2.38. The molecule has 0 amide bonds. The van der Waals surface area contributed by atoms with Gasteiger partial charge in [0.1, 0.15) is 18.3 Å². The van der Waals surface area contributed by atoms with Crippen LogP contribution in [0.15, 0.2) is 42.6 Å². The molecule has 1 saturated heterocycles. The largest absolute Gasteiger partial charge is 0.488 e. The fourth-order valence-corrected chi connectivity index (χ4v) is 4.53. The van der Waals surface area contributed by atoms with Gasteiger partial charge in [-0.1, -0.05) is 12.1 Å². The van der Waals surface area contributed by atoms with Crippen molar-refractivity contribution < 1.29 is 27.0 Å². The number of hydrogen-bond donors (Lipinski definition) is 1. The Balaban J connectivity index is 1.53. The number of benzene rings is 1. The van der Waals surface area contributed by atoms with Crippen molar-refractivity contribution in [1.29, 1.82) is 0 Å². The maximum atomic E-state index is 14.5. The summed E-state index contributed by atoms with van der Waals surface area (Å²) in [5, 5.41) is 8.80. The number of pyridine rings is 2. The molecule has 8 nitrogen and oxygen atoms in total. The van der Waals surface area contributed by atoms with E-state index < -0.39 is 18.0 Å². The van der Waals surface area contributed by atoms with E-state index in [1.54, 1.807) is 19.1 Å². The van der Waals surface area contributed by atoms with Crippen LogP contribution < -0.4 is 10.5 Å². The average Bonchev–Trinajstić information content (AvgIpc) is 3.47. The van der Waals surface area contributed by atoms with Gasteiger partial charge in [0.05, 0.1) is 11.6 Å². The molecule has 37 heavy (non-hydrogen) atoms. The van der Waals surface area contributed by atoms with Crippen molar-refractivity contribution in [3.63, 3.8) is 0 Å². The normalized spacial score (nSPS) is 18.5. The third kappa shape index (κ3) is 5.09. The molecule has 3 aromatic heterocycles. The van der Waals surface area contributed by atoms with Gasteiger partial charge in [-0.3, -0.25) is 9.30 Å². The van der Waals surface area contributed by atoms with Crippen LogP contribution in [0, 0.1) is 5.82 Å². The summed E-state index contributed by atoms with van der Waals surface area (Å²) in [6.45, 7) is 2.36. The highest BCUT2D eigenvalue weighted by Crippen LogP contribution is 2.39. The molecule has 3 atom stereocenters. The van der Waals surface area contributed by atoms with Gasteiger partial charge in [-0.25, -0.2) is 9.37 Å². The van der Waals surface area contributed by atoms with E-state index in [1.807, 2.05) is 0 Å². The summed E-state index contributed by atoms with van der Waals surface area (Å²) in [5.41, 5.74) is 7.12. The second kappa shape index (κ2) is 9.84. The summed E-state index contributed by atoms with van der Waals surface area (Å²) in [4.78, 5) is 5.93. The Kier molecular flexibility index (Phi) is 6.73. The summed E-state index contributed by atoms with van der Waals surface area (Å²) >= 11 is 0. The molecule has 0 saturated carbocycles. The SMILES string of the molecule is COC(C)COc1cc2nc(-c3nnc4ccc(C(N5CCC(N)C5)C(F)(F)F)cn34)ccc2cc1F. The van der Waals surface area contributed by atoms with Gasteiger partial charge in [0, 0.05) is 43.9 Å². The fourth-order valence-electron chi connectivity index (χ4n) is 4.53. The third-order valence-electron chi connectivity index (χ3n) is 6.52. The summed E-state index contributed by atoms with van der Waals surface area (Å²) in [6, 6.07) is 6.89. The van der Waals surface area contributed by atoms with Crippen molar-refractivity contribution >= 4 is 16.6 Å². The van der Waals surface area contributed by atoms with Crippen molar-refractivity contribution in [3.8, 4) is 17.3 Å². The van der Waals surface area contributed by atoms with Crippen LogP contribution in [0.1, 0.15) is 24.9 Å². The molecule has 4 aromatic rings. The standard InChI is InChI=1S/C25H26F4N6O2/c1-14(36-2)13-37-21-10-20-15(9-18(21)26)3-5-19(31-20)24-33-32-22-6-4-16(11-35(22)24)23(25(27,28)29)34-8-7-17(30)12-34/h3-6,9-11,14,17,23H,7-8,12-13,30H2,1-2H3. The van der Waals surface area contributed by atoms with Crippen molar-refractivity contribution in [2.75, 3.05) is 26.8 Å². The molecule has 0 spiro atoms. The monoisotopic (exact) mass is 518 g/mol. The smallest absolute Gasteiger partial charge is 0.408 e. The quantitative estimate of drug-likeness (QED) is 0.368. The second-order valence-electron chi connectivity index (χ2n) is 9.23. The molecule has 3 unspecified atom stereocenters. The average molecular weight is 519 g/mol. The fraction of sp³-hybridized carbons (Fsp3) is 0.400. The molecule has 0 radical (unpaired) electrons. The third-order valence-corrected chi connectivity index (χ3v) is 6.52. The molecule has 4 heterocycles. The van der Waals surface area contributed by atoms with E-state index in [9.17, 15) is 17.6 Å². The highest BCUT2D eigenvalue weighted by atomic mass is 19.4. The van der Waals surface area contributed by atoms with Gasteiger partial charge in [0.15, 0.2) is 23.0 Å². The van der Waals surface area contributed by atoms with E-state index in [0.29, 0.717) is 28.7 Å². The summed E-state index contributed by atoms with van der Waals surface area (Å²) < 4.78 is 69.0. The molecular weight excluding hydrogens is 492 g/mol. The number of aromatic nitrogens is 4. The number of likely N-dealkylation sites (tertiary alicyclic amines) is 1. The second-order valence-corrected chi connectivity index (χ2v) is 9.23. The first kappa shape index (κ1) is 25.3. The minimum atomic E-state index is -4.49. The maximum Gasteiger partial charge on any atom is 0.408 e. The topological polar surface area (TPSA) is 90.8 Å². The molecule has 0 bridgehead atoms. The first-order chi connectivity index (χ1) is 17.6. The van der Waals surface area contributed by atoms with E-state index in [-0.39, 0.29) is 49.0 Å². The number of rotatable bonds is 7. The Morgan fingerprint density at radius 1 is 1.16 bits per heavy atom. The number of methoxy groups -OCH3 is 1. The molecule has 5 rings (SSSR count). The molecule has 196 valence electrons. The van der Waals surface area contributed by atoms with Crippen LogP contribution in [0.5, 0.6) is 5.75 Å². The van der Waals surface area contributed by atoms with E-state index in [4.69, 9.17) is 15.2 Å². The van der Waals surface area contributed by atoms with Crippen LogP contribution in [0.25, 0.3) is 28.1 Å². The van der Waals surface area contributed by atoms with Crippen LogP contribution in [0.3, 0.4) is 0 Å². The lowest BCUT2D eigenvalue weighted by atomic mass is 10.1. The summed E-state index contributed by atoms with van der Waals surface area (Å²) in [6.07, 6.45) is -2.83. The predicted octanol–water partition coefficient (Wildman–Crippen LogP) is 4.13. The minimum Gasteiger partial charge on any atom is -0.488 e. The molecule has 0 aliphatic carbocycles. The van der Waals surface area contributed by atoms with Crippen molar-refractivity contribution in [1.82, 2.24) is 24.5 Å². The Labute approximate surface area is 210 Å². The minimum absolute atomic E-state index is 0.0197. The van der Waals surface area contributed by atoms with Crippen LogP contribution in [-0.4, -0.2) is 69.6 Å². The highest BCUT2D eigenvalue weighted by Gasteiger charge is 2.46. The Hall–Kier alpha value is -3.35. The van der Waals surface area contributed by atoms with E-state index in [0.717, 1.165) is 0 Å². The molecular formula is C25H26F4N6O2. The first-order valence-electron chi connectivity index (χ1n) is 11.8. The Morgan fingerprint density at radius 2 is 1.97 bits per heavy atom. The van der Waals surface area contributed by atoms with Crippen LogP contribution in [-0.2, 0) is 4.74 Å². The molecule has 1 aliphatic heterocycles. The van der Waals surface area contributed by atoms with E-state index in [2.05, 4.69) is 15.2 Å². The zero-order valence-electron chi connectivity index (χ0n) is 20.2. The number of ether oxygens (including phenoxy) is 2. The lowest BCUT2D eigenvalue weighted by Gasteiger charge is -2.30. The van der Waals surface area contributed by atoms with Crippen LogP contribution in [0.4, 0.5) is 17.6 Å². The molecule has 1 fully saturated rings. The zero-order valence-corrected chi connectivity index (χ0v) is 20.2. The number of hydrogen-bond acceptors (Lipinski definition) is 7. The number of nitrogens with zero attached hydrogens (tertiary/aromatic N) is 5. The molecule has 2 N–H and O–H groups in total. The number of halogens is 4. The maximum absolute atomic E-state index is 14.5. The Bertz CT molecular complexity index is 1430. The number of nitrogens with two attached hydrogens (primary N) is 1. The highest BCUT2D eigenvalue weighted by molar-refractivity contribution is 5.82. The van der Waals surface area contributed by atoms with Gasteiger partial charge < -0.3 is 15.2 Å². The van der Waals surface area contributed by atoms with Crippen molar-refractivity contribution in [2.24, 2.45) is 5.73 Å². The van der Waals surface area contributed by atoms with Gasteiger partial charge in [0.25, 0.3) is 0 Å². The first-order valence-corrected chi connectivity index (χ1v) is 11.8. The van der Waals surface area contributed by atoms with Crippen molar-refractivity contribution in [2.45, 2.75) is 37.7 Å². The lowest BCUT2D eigenvalue weighted by molar-refractivity contribution is -0.183. The van der Waals surface area contributed by atoms with Crippen LogP contribution >= 0.6 is 0 Å². The van der Waals surface area contributed by atoms with Gasteiger partial charge in [-0.15, -0.1) is 10.2 Å². The molecule has 12 heteroatoms. The van der Waals surface area contributed by atoms with Crippen LogP contribution in [0.2, 0.25) is 0 Å². The Morgan fingerprint density at radius 3 is 2.68 bits per heavy atom. The van der Waals surface area contributed by atoms with Gasteiger partial charge in [-0.05, 0) is 37.1 Å². The predicted molar refractivity (Wildman–Crippen MR) is 129 cm³/mol. The molecule has 1 aromatic carbocycles. The van der Waals surface area contributed by atoms with E-state index in [1.165, 1.54) is 46.9 Å².